The van der Waals surface area contributed by atoms with Crippen molar-refractivity contribution >= 4 is 11.3 Å². The number of piperidine rings is 1. The molecule has 1 aliphatic rings. The Morgan fingerprint density at radius 2 is 2.50 bits per heavy atom. The topological polar surface area (TPSA) is 23.5 Å². The largest absolute Gasteiger partial charge is 0.388 e. The fraction of sp³-hybridized carbons (Fsp3) is 0.692. The zero-order valence-electron chi connectivity index (χ0n) is 9.93. The Morgan fingerprint density at radius 3 is 3.19 bits per heavy atom. The highest BCUT2D eigenvalue weighted by Crippen LogP contribution is 2.23. The van der Waals surface area contributed by atoms with Gasteiger partial charge in [0.05, 0.1) is 6.10 Å². The summed E-state index contributed by atoms with van der Waals surface area (Å²) in [6, 6.07) is 4.03. The van der Waals surface area contributed by atoms with Crippen molar-refractivity contribution in [2.45, 2.75) is 32.3 Å². The highest BCUT2D eigenvalue weighted by atomic mass is 32.1. The maximum atomic E-state index is 9.99. The predicted molar refractivity (Wildman–Crippen MR) is 68.7 cm³/mol. The third kappa shape index (κ3) is 3.30. The van der Waals surface area contributed by atoms with Gasteiger partial charge in [-0.05, 0) is 43.2 Å². The normalized spacial score (nSPS) is 24.5. The van der Waals surface area contributed by atoms with Gasteiger partial charge in [-0.1, -0.05) is 13.0 Å². The summed E-state index contributed by atoms with van der Waals surface area (Å²) in [6.45, 7) is 5.77. The van der Waals surface area contributed by atoms with Gasteiger partial charge in [-0.3, -0.25) is 0 Å². The lowest BCUT2D eigenvalue weighted by molar-refractivity contribution is 0.124. The van der Waals surface area contributed by atoms with Crippen LogP contribution in [0.2, 0.25) is 0 Å². The average Bonchev–Trinajstić information content (AvgIpc) is 2.79. The van der Waals surface area contributed by atoms with Crippen LogP contribution >= 0.6 is 11.3 Å². The number of hydrogen-bond donors (Lipinski definition) is 1. The van der Waals surface area contributed by atoms with Crippen LogP contribution in [0.25, 0.3) is 0 Å². The standard InChI is InChI=1S/C13H21NOS/c1-11-4-2-7-14(10-11)8-6-12(15)13-5-3-9-16-13/h3,5,9,11-12,15H,2,4,6-8,10H2,1H3/t11-,12-/m0/s1. The molecule has 2 atom stereocenters. The first-order valence-electron chi connectivity index (χ1n) is 6.19. The number of aliphatic hydroxyl groups excluding tert-OH is 1. The molecule has 1 N–H and O–H groups in total. The molecule has 1 fully saturated rings. The summed E-state index contributed by atoms with van der Waals surface area (Å²) in [7, 11) is 0. The molecule has 0 unspecified atom stereocenters. The maximum absolute atomic E-state index is 9.99. The molecule has 0 radical (unpaired) electrons. The predicted octanol–water partition coefficient (Wildman–Crippen LogP) is 2.90. The molecule has 90 valence electrons. The van der Waals surface area contributed by atoms with Gasteiger partial charge in [-0.25, -0.2) is 0 Å². The lowest BCUT2D eigenvalue weighted by Crippen LogP contribution is -2.35. The molecule has 0 aliphatic carbocycles. The highest BCUT2D eigenvalue weighted by molar-refractivity contribution is 7.10. The average molecular weight is 239 g/mol. The van der Waals surface area contributed by atoms with E-state index in [0.717, 1.165) is 23.8 Å². The summed E-state index contributed by atoms with van der Waals surface area (Å²) >= 11 is 1.65. The van der Waals surface area contributed by atoms with E-state index in [1.54, 1.807) is 11.3 Å². The van der Waals surface area contributed by atoms with Crippen LogP contribution in [0.3, 0.4) is 0 Å². The number of nitrogens with zero attached hydrogens (tertiary/aromatic N) is 1. The van der Waals surface area contributed by atoms with Crippen molar-refractivity contribution in [1.29, 1.82) is 0 Å². The van der Waals surface area contributed by atoms with Crippen LogP contribution in [0.4, 0.5) is 0 Å². The van der Waals surface area contributed by atoms with E-state index in [9.17, 15) is 5.11 Å². The van der Waals surface area contributed by atoms with Gasteiger partial charge in [0.1, 0.15) is 0 Å². The summed E-state index contributed by atoms with van der Waals surface area (Å²) in [5.74, 6) is 0.827. The number of rotatable bonds is 4. The zero-order chi connectivity index (χ0) is 11.4. The van der Waals surface area contributed by atoms with Crippen LogP contribution in [0.1, 0.15) is 37.2 Å². The van der Waals surface area contributed by atoms with E-state index in [2.05, 4.69) is 11.8 Å². The number of aliphatic hydroxyl groups is 1. The molecule has 1 aromatic heterocycles. The molecule has 1 aliphatic heterocycles. The summed E-state index contributed by atoms with van der Waals surface area (Å²) in [5, 5.41) is 12.0. The molecule has 1 aromatic rings. The van der Waals surface area contributed by atoms with Gasteiger partial charge in [0.2, 0.25) is 0 Å². The zero-order valence-corrected chi connectivity index (χ0v) is 10.7. The molecule has 0 spiro atoms. The van der Waals surface area contributed by atoms with Crippen molar-refractivity contribution in [1.82, 2.24) is 4.90 Å². The second-order valence-corrected chi connectivity index (χ2v) is 5.85. The molecule has 3 heteroatoms. The van der Waals surface area contributed by atoms with Crippen LogP contribution in [0, 0.1) is 5.92 Å². The van der Waals surface area contributed by atoms with Gasteiger partial charge < -0.3 is 10.0 Å². The summed E-state index contributed by atoms with van der Waals surface area (Å²) in [6.07, 6.45) is 3.28. The van der Waals surface area contributed by atoms with Gasteiger partial charge in [0.25, 0.3) is 0 Å². The van der Waals surface area contributed by atoms with Crippen molar-refractivity contribution in [3.8, 4) is 0 Å². The Morgan fingerprint density at radius 1 is 1.62 bits per heavy atom. The molecular weight excluding hydrogens is 218 g/mol. The van der Waals surface area contributed by atoms with E-state index >= 15 is 0 Å². The molecule has 1 saturated heterocycles. The Labute approximate surface area is 102 Å². The van der Waals surface area contributed by atoms with E-state index in [1.807, 2.05) is 17.5 Å². The van der Waals surface area contributed by atoms with Crippen LogP contribution in [-0.4, -0.2) is 29.6 Å². The van der Waals surface area contributed by atoms with Crippen LogP contribution in [-0.2, 0) is 0 Å². The van der Waals surface area contributed by atoms with E-state index in [-0.39, 0.29) is 6.10 Å². The molecule has 0 saturated carbocycles. The van der Waals surface area contributed by atoms with Crippen molar-refractivity contribution in [2.24, 2.45) is 5.92 Å². The monoisotopic (exact) mass is 239 g/mol. The molecule has 0 bridgehead atoms. The van der Waals surface area contributed by atoms with E-state index in [1.165, 1.54) is 25.9 Å². The third-order valence-corrected chi connectivity index (χ3v) is 4.31. The summed E-state index contributed by atoms with van der Waals surface area (Å²) in [5.41, 5.74) is 0. The SMILES string of the molecule is C[C@H]1CCCN(CC[C@H](O)c2cccs2)C1. The highest BCUT2D eigenvalue weighted by Gasteiger charge is 2.17. The fourth-order valence-corrected chi connectivity index (χ4v) is 3.16. The van der Waals surface area contributed by atoms with E-state index < -0.39 is 0 Å². The number of hydrogen-bond acceptors (Lipinski definition) is 3. The first-order valence-corrected chi connectivity index (χ1v) is 7.07. The number of likely N-dealkylation sites (tertiary alicyclic amines) is 1. The molecule has 0 amide bonds. The van der Waals surface area contributed by atoms with Gasteiger partial charge >= 0.3 is 0 Å². The third-order valence-electron chi connectivity index (χ3n) is 3.33. The van der Waals surface area contributed by atoms with E-state index in [4.69, 9.17) is 0 Å². The van der Waals surface area contributed by atoms with Crippen molar-refractivity contribution in [2.75, 3.05) is 19.6 Å². The Hall–Kier alpha value is -0.380. The van der Waals surface area contributed by atoms with E-state index in [0.29, 0.717) is 0 Å². The van der Waals surface area contributed by atoms with Crippen molar-refractivity contribution in [3.05, 3.63) is 22.4 Å². The smallest absolute Gasteiger partial charge is 0.0894 e. The Kier molecular flexibility index (Phi) is 4.38. The van der Waals surface area contributed by atoms with Gasteiger partial charge in [-0.15, -0.1) is 11.3 Å². The van der Waals surface area contributed by atoms with Crippen molar-refractivity contribution < 1.29 is 5.11 Å². The van der Waals surface area contributed by atoms with Crippen LogP contribution < -0.4 is 0 Å². The molecular formula is C13H21NOS. The Balaban J connectivity index is 1.74. The summed E-state index contributed by atoms with van der Waals surface area (Å²) < 4.78 is 0. The quantitative estimate of drug-likeness (QED) is 0.873. The van der Waals surface area contributed by atoms with Crippen LogP contribution in [0.15, 0.2) is 17.5 Å². The molecule has 2 nitrogen and oxygen atoms in total. The lowest BCUT2D eigenvalue weighted by atomic mass is 10.00. The molecule has 0 aromatic carbocycles. The molecule has 16 heavy (non-hydrogen) atoms. The first-order chi connectivity index (χ1) is 7.75. The number of thiophene rings is 1. The molecule has 2 rings (SSSR count). The van der Waals surface area contributed by atoms with Crippen molar-refractivity contribution in [3.63, 3.8) is 0 Å². The Bertz CT molecular complexity index is 299. The lowest BCUT2D eigenvalue weighted by Gasteiger charge is -2.31. The minimum atomic E-state index is -0.266. The van der Waals surface area contributed by atoms with Crippen LogP contribution in [0.5, 0.6) is 0 Å². The second-order valence-electron chi connectivity index (χ2n) is 4.87. The maximum Gasteiger partial charge on any atom is 0.0894 e. The summed E-state index contributed by atoms with van der Waals surface area (Å²) in [4.78, 5) is 3.59. The molecule has 2 heterocycles. The second kappa shape index (κ2) is 5.80. The fourth-order valence-electron chi connectivity index (χ4n) is 2.42. The first kappa shape index (κ1) is 12.1. The van der Waals surface area contributed by atoms with Gasteiger partial charge in [0, 0.05) is 18.0 Å². The minimum Gasteiger partial charge on any atom is -0.388 e. The minimum absolute atomic E-state index is 0.266. The van der Waals surface area contributed by atoms with Gasteiger partial charge in [0.15, 0.2) is 0 Å². The van der Waals surface area contributed by atoms with Gasteiger partial charge in [-0.2, -0.15) is 0 Å².